The van der Waals surface area contributed by atoms with Crippen LogP contribution in [0.15, 0.2) is 84.0 Å². The fourth-order valence-electron chi connectivity index (χ4n) is 2.66. The molecule has 0 fully saturated rings. The van der Waals surface area contributed by atoms with Crippen LogP contribution in [0.25, 0.3) is 12.2 Å². The van der Waals surface area contributed by atoms with Gasteiger partial charge in [-0.05, 0) is 35.6 Å². The number of carbonyl (C=O) groups is 1. The van der Waals surface area contributed by atoms with Gasteiger partial charge in [0.1, 0.15) is 6.29 Å². The summed E-state index contributed by atoms with van der Waals surface area (Å²) in [5, 5.41) is 0. The molecule has 0 unspecified atom stereocenters. The van der Waals surface area contributed by atoms with Crippen LogP contribution in [-0.4, -0.2) is 6.29 Å². The van der Waals surface area contributed by atoms with E-state index in [0.717, 1.165) is 41.4 Å². The molecule has 0 aliphatic rings. The molecular formula is C24H26O. The van der Waals surface area contributed by atoms with E-state index in [9.17, 15) is 4.79 Å². The number of benzene rings is 2. The summed E-state index contributed by atoms with van der Waals surface area (Å²) in [4.78, 5) is 11.7. The normalized spacial score (nSPS) is 12.5. The molecule has 1 heteroatoms. The number of carbonyl (C=O) groups excluding carboxylic acids is 1. The van der Waals surface area contributed by atoms with Crippen LogP contribution < -0.4 is 0 Å². The van der Waals surface area contributed by atoms with Gasteiger partial charge in [0.15, 0.2) is 0 Å². The van der Waals surface area contributed by atoms with E-state index in [1.165, 1.54) is 12.8 Å². The second-order valence-corrected chi connectivity index (χ2v) is 6.05. The molecule has 0 aromatic heterocycles. The maximum absolute atomic E-state index is 11.7. The minimum atomic E-state index is 0.764. The van der Waals surface area contributed by atoms with Gasteiger partial charge >= 0.3 is 0 Å². The van der Waals surface area contributed by atoms with E-state index in [1.54, 1.807) is 0 Å². The molecule has 2 aromatic rings. The second kappa shape index (κ2) is 11.0. The molecule has 0 spiro atoms. The molecule has 25 heavy (non-hydrogen) atoms. The minimum Gasteiger partial charge on any atom is -0.298 e. The fourth-order valence-corrected chi connectivity index (χ4v) is 2.66. The van der Waals surface area contributed by atoms with Gasteiger partial charge in [0.05, 0.1) is 0 Å². The van der Waals surface area contributed by atoms with Crippen molar-refractivity contribution < 1.29 is 4.79 Å². The third-order valence-electron chi connectivity index (χ3n) is 4.05. The van der Waals surface area contributed by atoms with Crippen molar-refractivity contribution in [2.24, 2.45) is 0 Å². The van der Waals surface area contributed by atoms with Crippen molar-refractivity contribution in [1.29, 1.82) is 0 Å². The van der Waals surface area contributed by atoms with Crippen LogP contribution in [0, 0.1) is 0 Å². The molecule has 0 amide bonds. The van der Waals surface area contributed by atoms with Crippen molar-refractivity contribution in [3.63, 3.8) is 0 Å². The van der Waals surface area contributed by atoms with Gasteiger partial charge in [-0.3, -0.25) is 4.79 Å². The molecule has 0 N–H and O–H groups in total. The number of unbranched alkanes of at least 4 members (excludes halogenated alkanes) is 2. The number of hydrogen-bond acceptors (Lipinski definition) is 1. The lowest BCUT2D eigenvalue weighted by Crippen LogP contribution is -1.93. The van der Waals surface area contributed by atoms with E-state index < -0.39 is 0 Å². The Bertz CT molecular complexity index is 721. The van der Waals surface area contributed by atoms with E-state index in [-0.39, 0.29) is 0 Å². The number of rotatable bonds is 9. The summed E-state index contributed by atoms with van der Waals surface area (Å²) in [5.74, 6) is 0. The summed E-state index contributed by atoms with van der Waals surface area (Å²) < 4.78 is 0. The third-order valence-corrected chi connectivity index (χ3v) is 4.05. The van der Waals surface area contributed by atoms with E-state index in [4.69, 9.17) is 0 Å². The van der Waals surface area contributed by atoms with Gasteiger partial charge in [-0.1, -0.05) is 98.7 Å². The molecule has 2 aromatic carbocycles. The Morgan fingerprint density at radius 3 is 2.12 bits per heavy atom. The first-order valence-corrected chi connectivity index (χ1v) is 8.98. The molecule has 0 aliphatic heterocycles. The van der Waals surface area contributed by atoms with Crippen molar-refractivity contribution in [3.05, 3.63) is 95.1 Å². The highest BCUT2D eigenvalue weighted by Gasteiger charge is 2.04. The van der Waals surface area contributed by atoms with Gasteiger partial charge < -0.3 is 0 Å². The Morgan fingerprint density at radius 2 is 1.52 bits per heavy atom. The second-order valence-electron chi connectivity index (χ2n) is 6.05. The van der Waals surface area contributed by atoms with E-state index >= 15 is 0 Å². The number of hydrogen-bond donors (Lipinski definition) is 0. The van der Waals surface area contributed by atoms with Gasteiger partial charge in [0.2, 0.25) is 0 Å². The molecule has 0 heterocycles. The summed E-state index contributed by atoms with van der Waals surface area (Å²) in [5.41, 5.74) is 4.07. The van der Waals surface area contributed by atoms with Gasteiger partial charge in [-0.15, -0.1) is 0 Å². The van der Waals surface area contributed by atoms with Crippen molar-refractivity contribution in [2.75, 3.05) is 0 Å². The molecule has 0 saturated carbocycles. The molecule has 0 atom stereocenters. The Hall–Kier alpha value is -2.67. The standard InChI is InChI=1S/C24H26O/c1-2-3-6-17-23(18-11-16-21-12-7-4-8-13-21)24(20-25)19-22-14-9-5-10-15-22/h4-5,7-16,18-20H,2-3,6,17H2,1H3. The predicted molar refractivity (Wildman–Crippen MR) is 108 cm³/mol. The van der Waals surface area contributed by atoms with Crippen molar-refractivity contribution >= 4 is 18.4 Å². The Kier molecular flexibility index (Phi) is 8.20. The Labute approximate surface area is 151 Å². The Balaban J connectivity index is 2.23. The average Bonchev–Trinajstić information content (AvgIpc) is 2.67. The zero-order chi connectivity index (χ0) is 17.7. The van der Waals surface area contributed by atoms with Crippen LogP contribution in [0.2, 0.25) is 0 Å². The van der Waals surface area contributed by atoms with Gasteiger partial charge in [-0.25, -0.2) is 0 Å². The van der Waals surface area contributed by atoms with Crippen molar-refractivity contribution in [2.45, 2.75) is 32.6 Å². The maximum Gasteiger partial charge on any atom is 0.150 e. The quantitative estimate of drug-likeness (QED) is 0.222. The molecule has 0 saturated heterocycles. The molecule has 0 radical (unpaired) electrons. The molecule has 0 bridgehead atoms. The first kappa shape index (κ1) is 18.7. The number of allylic oxidation sites excluding steroid dienone is 4. The molecular weight excluding hydrogens is 304 g/mol. The lowest BCUT2D eigenvalue weighted by molar-refractivity contribution is -0.104. The SMILES string of the molecule is CCCCCC(=CC=Cc1ccccc1)C(C=O)=Cc1ccccc1. The summed E-state index contributed by atoms with van der Waals surface area (Å²) in [6.07, 6.45) is 13.5. The van der Waals surface area contributed by atoms with Crippen molar-refractivity contribution in [1.82, 2.24) is 0 Å². The lowest BCUT2D eigenvalue weighted by Gasteiger charge is -2.07. The molecule has 0 aliphatic carbocycles. The average molecular weight is 330 g/mol. The van der Waals surface area contributed by atoms with E-state index in [0.29, 0.717) is 0 Å². The fraction of sp³-hybridized carbons (Fsp3) is 0.208. The molecule has 128 valence electrons. The minimum absolute atomic E-state index is 0.764. The molecule has 1 nitrogen and oxygen atoms in total. The van der Waals surface area contributed by atoms with Gasteiger partial charge in [0.25, 0.3) is 0 Å². The lowest BCUT2D eigenvalue weighted by atomic mass is 9.97. The highest BCUT2D eigenvalue weighted by atomic mass is 16.1. The first-order chi connectivity index (χ1) is 12.3. The predicted octanol–water partition coefficient (Wildman–Crippen LogP) is 6.49. The van der Waals surface area contributed by atoms with Crippen molar-refractivity contribution in [3.8, 4) is 0 Å². The monoisotopic (exact) mass is 330 g/mol. The third kappa shape index (κ3) is 6.76. The topological polar surface area (TPSA) is 17.1 Å². The van der Waals surface area contributed by atoms with Gasteiger partial charge in [-0.2, -0.15) is 0 Å². The van der Waals surface area contributed by atoms with Crippen LogP contribution >= 0.6 is 0 Å². The maximum atomic E-state index is 11.7. The molecule has 2 rings (SSSR count). The van der Waals surface area contributed by atoms with Crippen LogP contribution in [0.5, 0.6) is 0 Å². The summed E-state index contributed by atoms with van der Waals surface area (Å²) in [6, 6.07) is 20.2. The van der Waals surface area contributed by atoms with Crippen LogP contribution in [-0.2, 0) is 4.79 Å². The highest BCUT2D eigenvalue weighted by molar-refractivity contribution is 5.88. The summed E-state index contributed by atoms with van der Waals surface area (Å²) in [7, 11) is 0. The van der Waals surface area contributed by atoms with Gasteiger partial charge in [0, 0.05) is 5.57 Å². The smallest absolute Gasteiger partial charge is 0.150 e. The zero-order valence-electron chi connectivity index (χ0n) is 14.9. The highest BCUT2D eigenvalue weighted by Crippen LogP contribution is 2.20. The van der Waals surface area contributed by atoms with E-state index in [2.05, 4.69) is 31.2 Å². The number of aldehydes is 1. The first-order valence-electron chi connectivity index (χ1n) is 8.98. The zero-order valence-corrected chi connectivity index (χ0v) is 14.9. The largest absolute Gasteiger partial charge is 0.298 e. The summed E-state index contributed by atoms with van der Waals surface area (Å²) in [6.45, 7) is 2.19. The van der Waals surface area contributed by atoms with Crippen LogP contribution in [0.4, 0.5) is 0 Å². The van der Waals surface area contributed by atoms with Crippen LogP contribution in [0.3, 0.4) is 0 Å². The van der Waals surface area contributed by atoms with E-state index in [1.807, 2.05) is 60.7 Å². The summed E-state index contributed by atoms with van der Waals surface area (Å²) >= 11 is 0. The Morgan fingerprint density at radius 1 is 0.880 bits per heavy atom. The van der Waals surface area contributed by atoms with Crippen LogP contribution in [0.1, 0.15) is 43.7 Å².